The lowest BCUT2D eigenvalue weighted by molar-refractivity contribution is 0.443. The summed E-state index contributed by atoms with van der Waals surface area (Å²) in [6, 6.07) is 0.457. The van der Waals surface area contributed by atoms with Crippen LogP contribution in [0.3, 0.4) is 0 Å². The van der Waals surface area contributed by atoms with Crippen LogP contribution in [0.5, 0.6) is 0 Å². The smallest absolute Gasteiger partial charge is 0.229 e. The third kappa shape index (κ3) is 2.74. The van der Waals surface area contributed by atoms with Crippen LogP contribution in [-0.4, -0.2) is 27.5 Å². The Balaban J connectivity index is 2.05. The fourth-order valence-electron chi connectivity index (χ4n) is 1.36. The average molecular weight is 238 g/mol. The summed E-state index contributed by atoms with van der Waals surface area (Å²) in [5.74, 6) is 3.35. The summed E-state index contributed by atoms with van der Waals surface area (Å²) in [6.45, 7) is 0.364. The van der Waals surface area contributed by atoms with Crippen LogP contribution in [0, 0.1) is 12.3 Å². The molecule has 0 aromatic carbocycles. The Morgan fingerprint density at radius 3 is 2.69 bits per heavy atom. The monoisotopic (exact) mass is 237 g/mol. The van der Waals surface area contributed by atoms with Gasteiger partial charge in [0.15, 0.2) is 0 Å². The van der Waals surface area contributed by atoms with Gasteiger partial charge in [0, 0.05) is 6.04 Å². The van der Waals surface area contributed by atoms with Crippen LogP contribution in [0.1, 0.15) is 19.3 Å². The molecule has 0 bridgehead atoms. The zero-order chi connectivity index (χ0) is 11.4. The number of nitrogens with zero attached hydrogens (tertiary/aromatic N) is 3. The van der Waals surface area contributed by atoms with Gasteiger partial charge in [-0.1, -0.05) is 5.92 Å². The highest BCUT2D eigenvalue weighted by Gasteiger charge is 2.18. The number of hydrogen-bond donors (Lipinski definition) is 2. The summed E-state index contributed by atoms with van der Waals surface area (Å²) in [6.07, 6.45) is 8.68. The van der Waals surface area contributed by atoms with Gasteiger partial charge < -0.3 is 10.6 Å². The Kier molecular flexibility index (Phi) is 3.42. The Morgan fingerprint density at radius 2 is 2.06 bits per heavy atom. The van der Waals surface area contributed by atoms with Crippen molar-refractivity contribution in [3.63, 3.8) is 0 Å². The zero-order valence-electron chi connectivity index (χ0n) is 8.70. The van der Waals surface area contributed by atoms with E-state index in [1.54, 1.807) is 0 Å². The van der Waals surface area contributed by atoms with Gasteiger partial charge in [-0.05, 0) is 30.9 Å². The highest BCUT2D eigenvalue weighted by Crippen LogP contribution is 2.22. The molecule has 2 rings (SSSR count). The largest absolute Gasteiger partial charge is 0.351 e. The molecule has 6 heteroatoms. The van der Waals surface area contributed by atoms with Gasteiger partial charge >= 0.3 is 0 Å². The summed E-state index contributed by atoms with van der Waals surface area (Å²) >= 11 is 5.78. The summed E-state index contributed by atoms with van der Waals surface area (Å²) in [7, 11) is 0. The first-order chi connectivity index (χ1) is 7.78. The maximum atomic E-state index is 5.78. The third-order valence-electron chi connectivity index (χ3n) is 2.40. The van der Waals surface area contributed by atoms with Crippen molar-refractivity contribution in [3.05, 3.63) is 5.28 Å². The maximum absolute atomic E-state index is 5.78. The highest BCUT2D eigenvalue weighted by molar-refractivity contribution is 6.28. The second kappa shape index (κ2) is 4.99. The topological polar surface area (TPSA) is 62.7 Å². The van der Waals surface area contributed by atoms with Gasteiger partial charge in [0.05, 0.1) is 6.54 Å². The minimum atomic E-state index is 0.163. The van der Waals surface area contributed by atoms with Gasteiger partial charge in [0.1, 0.15) is 0 Å². The first kappa shape index (κ1) is 11.0. The second-order valence-corrected chi connectivity index (χ2v) is 3.92. The normalized spacial score (nSPS) is 15.0. The van der Waals surface area contributed by atoms with Crippen LogP contribution in [0.25, 0.3) is 0 Å². The number of hydrogen-bond acceptors (Lipinski definition) is 5. The molecule has 84 valence electrons. The molecule has 2 N–H and O–H groups in total. The standard InChI is InChI=1S/C10H12ClN5/c1-2-6-12-9-14-8(11)15-10(16-9)13-7-4-3-5-7/h1,7H,3-6H2,(H2,12,13,14,15,16). The van der Waals surface area contributed by atoms with Crippen molar-refractivity contribution in [2.45, 2.75) is 25.3 Å². The summed E-state index contributed by atoms with van der Waals surface area (Å²) in [5.41, 5.74) is 0. The van der Waals surface area contributed by atoms with E-state index in [0.29, 0.717) is 24.5 Å². The van der Waals surface area contributed by atoms with Crippen LogP contribution in [0.2, 0.25) is 5.28 Å². The van der Waals surface area contributed by atoms with Gasteiger partial charge in [-0.2, -0.15) is 15.0 Å². The van der Waals surface area contributed by atoms with Crippen LogP contribution in [0.15, 0.2) is 0 Å². The van der Waals surface area contributed by atoms with Crippen LogP contribution >= 0.6 is 11.6 Å². The fourth-order valence-corrected chi connectivity index (χ4v) is 1.52. The van der Waals surface area contributed by atoms with E-state index in [0.717, 1.165) is 12.8 Å². The minimum Gasteiger partial charge on any atom is -0.351 e. The summed E-state index contributed by atoms with van der Waals surface area (Å²) in [4.78, 5) is 12.1. The Bertz CT molecular complexity index is 410. The first-order valence-electron chi connectivity index (χ1n) is 5.13. The molecular weight excluding hydrogens is 226 g/mol. The molecule has 1 heterocycles. The SMILES string of the molecule is C#CCNc1nc(Cl)nc(NC2CCC2)n1. The summed E-state index contributed by atoms with van der Waals surface area (Å²) < 4.78 is 0. The molecule has 0 amide bonds. The molecule has 0 atom stereocenters. The Hall–Kier alpha value is -1.54. The predicted molar refractivity (Wildman–Crippen MR) is 63.4 cm³/mol. The molecule has 0 saturated heterocycles. The minimum absolute atomic E-state index is 0.163. The highest BCUT2D eigenvalue weighted by atomic mass is 35.5. The van der Waals surface area contributed by atoms with E-state index in [-0.39, 0.29) is 5.28 Å². The fraction of sp³-hybridized carbons (Fsp3) is 0.500. The predicted octanol–water partition coefficient (Wildman–Crippen LogP) is 1.53. The zero-order valence-corrected chi connectivity index (χ0v) is 9.46. The number of aromatic nitrogens is 3. The molecule has 1 aromatic heterocycles. The number of terminal acetylenes is 1. The van der Waals surface area contributed by atoms with E-state index < -0.39 is 0 Å². The molecule has 1 aliphatic rings. The lowest BCUT2D eigenvalue weighted by Gasteiger charge is -2.26. The van der Waals surface area contributed by atoms with E-state index in [4.69, 9.17) is 18.0 Å². The van der Waals surface area contributed by atoms with Gasteiger partial charge in [-0.25, -0.2) is 0 Å². The number of rotatable bonds is 4. The molecule has 0 spiro atoms. The van der Waals surface area contributed by atoms with Gasteiger partial charge in [0.2, 0.25) is 17.2 Å². The lowest BCUT2D eigenvalue weighted by Crippen LogP contribution is -2.28. The first-order valence-corrected chi connectivity index (χ1v) is 5.51. The average Bonchev–Trinajstić information content (AvgIpc) is 2.20. The van der Waals surface area contributed by atoms with E-state index in [1.807, 2.05) is 0 Å². The quantitative estimate of drug-likeness (QED) is 0.778. The summed E-state index contributed by atoms with van der Waals surface area (Å²) in [5, 5.41) is 6.22. The molecule has 0 unspecified atom stereocenters. The van der Waals surface area contributed by atoms with Gasteiger partial charge in [0.25, 0.3) is 0 Å². The molecule has 1 aromatic rings. The molecule has 5 nitrogen and oxygen atoms in total. The number of anilines is 2. The van der Waals surface area contributed by atoms with E-state index in [1.165, 1.54) is 6.42 Å². The van der Waals surface area contributed by atoms with Crippen LogP contribution < -0.4 is 10.6 Å². The van der Waals surface area contributed by atoms with E-state index in [2.05, 4.69) is 31.5 Å². The molecule has 1 saturated carbocycles. The molecule has 0 radical (unpaired) electrons. The van der Waals surface area contributed by atoms with Crippen molar-refractivity contribution < 1.29 is 0 Å². The second-order valence-electron chi connectivity index (χ2n) is 3.58. The van der Waals surface area contributed by atoms with E-state index >= 15 is 0 Å². The van der Waals surface area contributed by atoms with Crippen molar-refractivity contribution in [2.24, 2.45) is 0 Å². The molecule has 0 aliphatic heterocycles. The van der Waals surface area contributed by atoms with Crippen molar-refractivity contribution in [1.29, 1.82) is 0 Å². The van der Waals surface area contributed by atoms with Gasteiger partial charge in [-0.15, -0.1) is 6.42 Å². The van der Waals surface area contributed by atoms with E-state index in [9.17, 15) is 0 Å². The van der Waals surface area contributed by atoms with Crippen molar-refractivity contribution in [2.75, 3.05) is 17.2 Å². The van der Waals surface area contributed by atoms with Crippen LogP contribution in [-0.2, 0) is 0 Å². The maximum Gasteiger partial charge on any atom is 0.229 e. The van der Waals surface area contributed by atoms with Crippen LogP contribution in [0.4, 0.5) is 11.9 Å². The third-order valence-corrected chi connectivity index (χ3v) is 2.56. The molecule has 1 aliphatic carbocycles. The molecular formula is C10H12ClN5. The Morgan fingerprint density at radius 1 is 1.31 bits per heavy atom. The molecule has 1 fully saturated rings. The van der Waals surface area contributed by atoms with Crippen molar-refractivity contribution >= 4 is 23.5 Å². The van der Waals surface area contributed by atoms with Crippen molar-refractivity contribution in [3.8, 4) is 12.3 Å². The molecule has 16 heavy (non-hydrogen) atoms. The number of halogens is 1. The lowest BCUT2D eigenvalue weighted by atomic mass is 9.93. The Labute approximate surface area is 99.0 Å². The van der Waals surface area contributed by atoms with Crippen molar-refractivity contribution in [1.82, 2.24) is 15.0 Å². The van der Waals surface area contributed by atoms with Gasteiger partial charge in [-0.3, -0.25) is 0 Å². The number of nitrogens with one attached hydrogen (secondary N) is 2.